The van der Waals surface area contributed by atoms with E-state index in [0.717, 1.165) is 15.4 Å². The average Bonchev–Trinajstić information content (AvgIpc) is 2.91. The Bertz CT molecular complexity index is 1380. The maximum atomic E-state index is 13.9. The first kappa shape index (κ1) is 29.0. The summed E-state index contributed by atoms with van der Waals surface area (Å²) in [6, 6.07) is 19.0. The van der Waals surface area contributed by atoms with E-state index in [-0.39, 0.29) is 33.8 Å². The lowest BCUT2D eigenvalue weighted by atomic mass is 10.1. The number of amides is 2. The Kier molecular flexibility index (Phi) is 9.77. The summed E-state index contributed by atoms with van der Waals surface area (Å²) < 4.78 is 34.1. The Morgan fingerprint density at radius 1 is 1.03 bits per heavy atom. The summed E-state index contributed by atoms with van der Waals surface area (Å²) in [6.45, 7) is 5.26. The molecule has 0 aliphatic heterocycles. The number of hydrogen-bond acceptors (Lipinski definition) is 5. The van der Waals surface area contributed by atoms with Crippen molar-refractivity contribution in [3.8, 4) is 5.75 Å². The normalized spacial score (nSPS) is 11.9. The molecular formula is C28H32ClN3O5S. The largest absolute Gasteiger partial charge is 0.495 e. The number of nitrogens with zero attached hydrogens (tertiary/aromatic N) is 2. The highest BCUT2D eigenvalue weighted by Crippen LogP contribution is 2.35. The predicted octanol–water partition coefficient (Wildman–Crippen LogP) is 4.41. The number of sulfonamides is 1. The molecule has 8 nitrogen and oxygen atoms in total. The minimum atomic E-state index is -4.22. The van der Waals surface area contributed by atoms with Crippen LogP contribution in [0.1, 0.15) is 25.0 Å². The van der Waals surface area contributed by atoms with Crippen molar-refractivity contribution in [3.05, 3.63) is 88.9 Å². The van der Waals surface area contributed by atoms with E-state index >= 15 is 0 Å². The summed E-state index contributed by atoms with van der Waals surface area (Å²) >= 11 is 6.24. The molecule has 0 radical (unpaired) electrons. The molecule has 3 rings (SSSR count). The molecule has 3 aromatic carbocycles. The maximum Gasteiger partial charge on any atom is 0.264 e. The second-order valence-corrected chi connectivity index (χ2v) is 11.0. The summed E-state index contributed by atoms with van der Waals surface area (Å²) in [5.74, 6) is -0.676. The monoisotopic (exact) mass is 557 g/mol. The molecule has 3 aromatic rings. The van der Waals surface area contributed by atoms with Gasteiger partial charge in [0.05, 0.1) is 17.7 Å². The minimum absolute atomic E-state index is 0.00273. The summed E-state index contributed by atoms with van der Waals surface area (Å²) in [4.78, 5) is 28.1. The Morgan fingerprint density at radius 3 is 2.32 bits per heavy atom. The third-order valence-corrected chi connectivity index (χ3v) is 8.15. The van der Waals surface area contributed by atoms with Crippen LogP contribution in [0.2, 0.25) is 5.02 Å². The van der Waals surface area contributed by atoms with E-state index < -0.39 is 28.5 Å². The molecule has 38 heavy (non-hydrogen) atoms. The zero-order chi connectivity index (χ0) is 27.9. The molecule has 0 aliphatic carbocycles. The van der Waals surface area contributed by atoms with E-state index in [9.17, 15) is 18.0 Å². The van der Waals surface area contributed by atoms with Gasteiger partial charge >= 0.3 is 0 Å². The molecule has 202 valence electrons. The van der Waals surface area contributed by atoms with Crippen LogP contribution in [-0.2, 0) is 26.2 Å². The fourth-order valence-corrected chi connectivity index (χ4v) is 5.57. The van der Waals surface area contributed by atoms with Crippen LogP contribution in [0.25, 0.3) is 0 Å². The Morgan fingerprint density at radius 2 is 1.68 bits per heavy atom. The third-order valence-electron chi connectivity index (χ3n) is 6.14. The number of methoxy groups -OCH3 is 1. The van der Waals surface area contributed by atoms with Crippen molar-refractivity contribution in [2.75, 3.05) is 24.5 Å². The quantitative estimate of drug-likeness (QED) is 0.377. The van der Waals surface area contributed by atoms with Gasteiger partial charge in [-0.25, -0.2) is 8.42 Å². The number of hydrogen-bond donors (Lipinski definition) is 1. The average molecular weight is 558 g/mol. The third kappa shape index (κ3) is 6.65. The fraction of sp³-hybridized carbons (Fsp3) is 0.286. The zero-order valence-corrected chi connectivity index (χ0v) is 23.4. The second kappa shape index (κ2) is 12.8. The van der Waals surface area contributed by atoms with E-state index in [2.05, 4.69) is 5.32 Å². The van der Waals surface area contributed by atoms with Gasteiger partial charge in [-0.05, 0) is 62.2 Å². The molecule has 0 bridgehead atoms. The summed E-state index contributed by atoms with van der Waals surface area (Å²) in [5, 5.41) is 3.02. The van der Waals surface area contributed by atoms with Crippen molar-refractivity contribution in [1.29, 1.82) is 0 Å². The van der Waals surface area contributed by atoms with E-state index in [1.165, 1.54) is 36.3 Å². The summed E-state index contributed by atoms with van der Waals surface area (Å²) in [7, 11) is -2.82. The number of aryl methyl sites for hydroxylation is 1. The predicted molar refractivity (Wildman–Crippen MR) is 149 cm³/mol. The first-order valence-electron chi connectivity index (χ1n) is 12.1. The van der Waals surface area contributed by atoms with Gasteiger partial charge < -0.3 is 15.0 Å². The van der Waals surface area contributed by atoms with Gasteiger partial charge in [0.15, 0.2) is 0 Å². The molecule has 1 N–H and O–H groups in total. The number of carbonyl (C=O) groups is 2. The highest BCUT2D eigenvalue weighted by atomic mass is 35.5. The zero-order valence-electron chi connectivity index (χ0n) is 21.8. The highest BCUT2D eigenvalue weighted by Gasteiger charge is 2.34. The number of carbonyl (C=O) groups excluding carboxylic acids is 2. The molecule has 10 heteroatoms. The van der Waals surface area contributed by atoms with Crippen LogP contribution in [0.4, 0.5) is 5.69 Å². The van der Waals surface area contributed by atoms with Gasteiger partial charge in [-0.3, -0.25) is 13.9 Å². The molecule has 0 saturated heterocycles. The number of likely N-dealkylation sites (N-methyl/N-ethyl adjacent to an activating group) is 1. The lowest BCUT2D eigenvalue weighted by molar-refractivity contribution is -0.139. The van der Waals surface area contributed by atoms with Gasteiger partial charge in [0.25, 0.3) is 10.0 Å². The molecule has 0 saturated carbocycles. The van der Waals surface area contributed by atoms with Crippen LogP contribution in [0, 0.1) is 6.92 Å². The topological polar surface area (TPSA) is 96.0 Å². The molecule has 0 heterocycles. The van der Waals surface area contributed by atoms with Crippen LogP contribution in [0.5, 0.6) is 5.75 Å². The van der Waals surface area contributed by atoms with Crippen molar-refractivity contribution in [3.63, 3.8) is 0 Å². The second-order valence-electron chi connectivity index (χ2n) is 8.66. The number of benzene rings is 3. The molecule has 0 fully saturated rings. The minimum Gasteiger partial charge on any atom is -0.495 e. The molecular weight excluding hydrogens is 526 g/mol. The SMILES string of the molecule is CCNC(=O)[C@H](C)N(Cc1ccccc1C)C(=O)CN(c1cc(Cl)ccc1OC)S(=O)(=O)c1ccccc1. The molecule has 2 amide bonds. The maximum absolute atomic E-state index is 13.9. The lowest BCUT2D eigenvalue weighted by Crippen LogP contribution is -2.51. The fourth-order valence-electron chi connectivity index (χ4n) is 3.97. The Labute approximate surface area is 229 Å². The van der Waals surface area contributed by atoms with Crippen LogP contribution < -0.4 is 14.4 Å². The van der Waals surface area contributed by atoms with E-state index in [0.29, 0.717) is 6.54 Å². The van der Waals surface area contributed by atoms with Gasteiger partial charge in [-0.15, -0.1) is 0 Å². The van der Waals surface area contributed by atoms with Crippen molar-refractivity contribution in [2.24, 2.45) is 0 Å². The molecule has 0 spiro atoms. The summed E-state index contributed by atoms with van der Waals surface area (Å²) in [6.07, 6.45) is 0. The first-order chi connectivity index (χ1) is 18.1. The van der Waals surface area contributed by atoms with Crippen molar-refractivity contribution < 1.29 is 22.7 Å². The first-order valence-corrected chi connectivity index (χ1v) is 13.9. The van der Waals surface area contributed by atoms with Gasteiger partial charge in [0.2, 0.25) is 11.8 Å². The van der Waals surface area contributed by atoms with E-state index in [1.807, 2.05) is 31.2 Å². The Balaban J connectivity index is 2.10. The van der Waals surface area contributed by atoms with Crippen LogP contribution in [0.3, 0.4) is 0 Å². The standard InChI is InChI=1S/C28H32ClN3O5S/c1-5-30-28(34)21(3)31(18-22-12-10-9-11-20(22)2)27(33)19-32(25-17-23(29)15-16-26(25)37-4)38(35,36)24-13-7-6-8-14-24/h6-17,21H,5,18-19H2,1-4H3,(H,30,34)/t21-/m0/s1. The van der Waals surface area contributed by atoms with Gasteiger partial charge in [-0.2, -0.15) is 0 Å². The van der Waals surface area contributed by atoms with E-state index in [1.54, 1.807) is 38.1 Å². The smallest absolute Gasteiger partial charge is 0.264 e. The van der Waals surface area contributed by atoms with Gasteiger partial charge in [0, 0.05) is 18.1 Å². The molecule has 0 aliphatic rings. The number of nitrogens with one attached hydrogen (secondary N) is 1. The lowest BCUT2D eigenvalue weighted by Gasteiger charge is -2.32. The molecule has 1 atom stereocenters. The number of rotatable bonds is 11. The van der Waals surface area contributed by atoms with E-state index in [4.69, 9.17) is 16.3 Å². The molecule has 0 unspecified atom stereocenters. The number of halogens is 1. The molecule has 0 aromatic heterocycles. The van der Waals surface area contributed by atoms with Gasteiger partial charge in [-0.1, -0.05) is 54.1 Å². The van der Waals surface area contributed by atoms with Crippen LogP contribution >= 0.6 is 11.6 Å². The Hall–Kier alpha value is -3.56. The highest BCUT2D eigenvalue weighted by molar-refractivity contribution is 7.92. The summed E-state index contributed by atoms with van der Waals surface area (Å²) in [5.41, 5.74) is 1.90. The number of anilines is 1. The van der Waals surface area contributed by atoms with Gasteiger partial charge in [0.1, 0.15) is 18.3 Å². The van der Waals surface area contributed by atoms with Crippen molar-refractivity contribution >= 4 is 39.1 Å². The van der Waals surface area contributed by atoms with Crippen molar-refractivity contribution in [1.82, 2.24) is 10.2 Å². The van der Waals surface area contributed by atoms with Crippen molar-refractivity contribution in [2.45, 2.75) is 38.3 Å². The number of ether oxygens (including phenoxy) is 1. The van der Waals surface area contributed by atoms with Crippen LogP contribution in [0.15, 0.2) is 77.7 Å². The van der Waals surface area contributed by atoms with Crippen LogP contribution in [-0.4, -0.2) is 51.4 Å².